The molecule has 6 aromatic rings. The van der Waals surface area contributed by atoms with E-state index in [-0.39, 0.29) is 48.9 Å². The first-order chi connectivity index (χ1) is 25.6. The summed E-state index contributed by atoms with van der Waals surface area (Å²) in [5.41, 5.74) is 0.664. The highest BCUT2D eigenvalue weighted by atomic mass is 35.5. The molecule has 0 aliphatic carbocycles. The lowest BCUT2D eigenvalue weighted by Gasteiger charge is -2.24. The van der Waals surface area contributed by atoms with Crippen LogP contribution < -0.4 is 19.7 Å². The molecule has 6 aromatic carbocycles. The van der Waals surface area contributed by atoms with Crippen LogP contribution in [0.5, 0.6) is 0 Å². The topological polar surface area (TPSA) is 199 Å². The number of urea groups is 1. The van der Waals surface area contributed by atoms with Crippen LogP contribution in [0, 0.1) is 0 Å². The fourth-order valence-electron chi connectivity index (χ4n) is 6.15. The lowest BCUT2D eigenvalue weighted by Crippen LogP contribution is -2.29. The molecule has 0 bridgehead atoms. The first kappa shape index (κ1) is 36.5. The largest absolute Gasteiger partial charge is 0.478 e. The molecule has 0 radical (unpaired) electrons. The molecule has 0 spiro atoms. The maximum atomic E-state index is 13.3. The second-order valence-corrected chi connectivity index (χ2v) is 16.4. The van der Waals surface area contributed by atoms with E-state index in [4.69, 9.17) is 23.2 Å². The zero-order valence-electron chi connectivity index (χ0n) is 27.4. The Morgan fingerprint density at radius 1 is 0.630 bits per heavy atom. The number of nitrogens with zero attached hydrogens (tertiary/aromatic N) is 1. The van der Waals surface area contributed by atoms with Crippen molar-refractivity contribution in [1.82, 2.24) is 5.32 Å². The number of fused-ring (bicyclic) bond motifs is 2. The number of benzene rings is 6. The lowest BCUT2D eigenvalue weighted by molar-refractivity contribution is 0.0686. The summed E-state index contributed by atoms with van der Waals surface area (Å²) in [4.78, 5) is 37.6. The van der Waals surface area contributed by atoms with Gasteiger partial charge in [-0.15, -0.1) is 0 Å². The number of halogens is 2. The molecule has 1 atom stereocenters. The van der Waals surface area contributed by atoms with Crippen LogP contribution in [0.15, 0.2) is 119 Å². The van der Waals surface area contributed by atoms with Gasteiger partial charge in [0.05, 0.1) is 37.0 Å². The number of carboxylic acid groups (broad SMARTS) is 2. The van der Waals surface area contributed by atoms with Crippen molar-refractivity contribution in [2.75, 3.05) is 20.9 Å². The molecule has 5 N–H and O–H groups in total. The molecule has 274 valence electrons. The Balaban J connectivity index is 1.18. The maximum Gasteiger partial charge on any atom is 0.337 e. The van der Waals surface area contributed by atoms with E-state index in [9.17, 15) is 41.4 Å². The summed E-state index contributed by atoms with van der Waals surface area (Å²) in [7, 11) is -8.32. The Bertz CT molecular complexity index is 2800. The van der Waals surface area contributed by atoms with Gasteiger partial charge in [-0.05, 0) is 106 Å². The molecular formula is C37H26Cl2N4O9S2. The highest BCUT2D eigenvalue weighted by Gasteiger charge is 2.33. The molecule has 2 amide bonds. The maximum absolute atomic E-state index is 13.3. The van der Waals surface area contributed by atoms with Gasteiger partial charge in [-0.25, -0.2) is 31.2 Å². The second kappa shape index (κ2) is 13.8. The molecule has 13 nitrogen and oxygen atoms in total. The van der Waals surface area contributed by atoms with E-state index in [1.807, 2.05) is 6.07 Å². The highest BCUT2D eigenvalue weighted by molar-refractivity contribution is 7.93. The Hall–Kier alpha value is -5.87. The van der Waals surface area contributed by atoms with Gasteiger partial charge in [-0.1, -0.05) is 53.5 Å². The van der Waals surface area contributed by atoms with Crippen LogP contribution >= 0.6 is 23.2 Å². The number of hydrogen-bond acceptors (Lipinski definition) is 7. The summed E-state index contributed by atoms with van der Waals surface area (Å²) in [6.07, 6.45) is 0. The molecular weight excluding hydrogens is 779 g/mol. The van der Waals surface area contributed by atoms with Gasteiger partial charge in [0.15, 0.2) is 0 Å². The summed E-state index contributed by atoms with van der Waals surface area (Å²) in [5, 5.41) is 24.0. The van der Waals surface area contributed by atoms with Crippen molar-refractivity contribution >= 4 is 99.8 Å². The van der Waals surface area contributed by atoms with Gasteiger partial charge < -0.3 is 15.5 Å². The summed E-state index contributed by atoms with van der Waals surface area (Å²) in [6, 6.07) is 26.2. The van der Waals surface area contributed by atoms with Crippen LogP contribution in [0.4, 0.5) is 21.9 Å². The van der Waals surface area contributed by atoms with Gasteiger partial charge in [-0.2, -0.15) is 0 Å². The van der Waals surface area contributed by atoms with Gasteiger partial charge in [0, 0.05) is 23.6 Å². The molecule has 0 aromatic heterocycles. The van der Waals surface area contributed by atoms with Gasteiger partial charge in [0.25, 0.3) is 20.0 Å². The van der Waals surface area contributed by atoms with Crippen molar-refractivity contribution in [3.8, 4) is 0 Å². The fraction of sp³-hybridized carbons (Fsp3) is 0.0541. The number of carbonyl (C=O) groups excluding carboxylic acids is 1. The van der Waals surface area contributed by atoms with E-state index in [1.165, 1.54) is 53.4 Å². The number of carbonyl (C=O) groups is 3. The van der Waals surface area contributed by atoms with Gasteiger partial charge in [0.1, 0.15) is 0 Å². The Morgan fingerprint density at radius 2 is 1.11 bits per heavy atom. The summed E-state index contributed by atoms with van der Waals surface area (Å²) in [5.74, 6) is -2.62. The third-order valence-electron chi connectivity index (χ3n) is 8.79. The van der Waals surface area contributed by atoms with Crippen molar-refractivity contribution in [3.63, 3.8) is 0 Å². The van der Waals surface area contributed by atoms with Crippen LogP contribution in [0.3, 0.4) is 0 Å². The SMILES string of the molecule is O=C(O)c1cc(NS(=O)(=O)c2ccc3ccc(C4CNC(=O)N4c4ccc5ccc(S(=O)(=O)Nc6ccc(Cl)c(C(=O)O)c6)cc5c4)cc3c2)ccc1Cl. The number of aromatic carboxylic acids is 2. The average molecular weight is 806 g/mol. The lowest BCUT2D eigenvalue weighted by atomic mass is 10.0. The van der Waals surface area contributed by atoms with Crippen LogP contribution in [0.2, 0.25) is 10.0 Å². The number of amides is 2. The van der Waals surface area contributed by atoms with Crippen molar-refractivity contribution in [3.05, 3.63) is 136 Å². The monoisotopic (exact) mass is 804 g/mol. The minimum absolute atomic E-state index is 0.00878. The van der Waals surface area contributed by atoms with E-state index in [0.29, 0.717) is 27.4 Å². The van der Waals surface area contributed by atoms with Gasteiger partial charge in [-0.3, -0.25) is 14.3 Å². The average Bonchev–Trinajstić information content (AvgIpc) is 3.52. The Kier molecular flexibility index (Phi) is 9.35. The molecule has 0 saturated carbocycles. The predicted molar refractivity (Wildman–Crippen MR) is 205 cm³/mol. The zero-order chi connectivity index (χ0) is 38.5. The summed E-state index contributed by atoms with van der Waals surface area (Å²) >= 11 is 11.9. The van der Waals surface area contributed by atoms with Crippen molar-refractivity contribution in [1.29, 1.82) is 0 Å². The number of nitrogens with one attached hydrogen (secondary N) is 3. The van der Waals surface area contributed by atoms with E-state index >= 15 is 0 Å². The summed E-state index contributed by atoms with van der Waals surface area (Å²) < 4.78 is 58.2. The smallest absolute Gasteiger partial charge is 0.337 e. The van der Waals surface area contributed by atoms with Crippen molar-refractivity contribution in [2.24, 2.45) is 0 Å². The fourth-order valence-corrected chi connectivity index (χ4v) is 8.71. The van der Waals surface area contributed by atoms with Crippen LogP contribution in [-0.2, 0) is 20.0 Å². The molecule has 1 unspecified atom stereocenters. The highest BCUT2D eigenvalue weighted by Crippen LogP contribution is 2.35. The Labute approximate surface area is 317 Å². The molecule has 17 heteroatoms. The van der Waals surface area contributed by atoms with E-state index < -0.39 is 44.1 Å². The van der Waals surface area contributed by atoms with Gasteiger partial charge >= 0.3 is 18.0 Å². The quantitative estimate of drug-likeness (QED) is 0.0927. The number of hydrogen-bond donors (Lipinski definition) is 5. The first-order valence-corrected chi connectivity index (χ1v) is 19.6. The molecule has 1 heterocycles. The van der Waals surface area contributed by atoms with Crippen LogP contribution in [0.25, 0.3) is 21.5 Å². The second-order valence-electron chi connectivity index (χ2n) is 12.2. The zero-order valence-corrected chi connectivity index (χ0v) is 30.6. The van der Waals surface area contributed by atoms with Crippen molar-refractivity contribution in [2.45, 2.75) is 15.8 Å². The molecule has 54 heavy (non-hydrogen) atoms. The minimum atomic E-state index is -4.17. The Morgan fingerprint density at radius 3 is 1.63 bits per heavy atom. The first-order valence-electron chi connectivity index (χ1n) is 15.9. The third kappa shape index (κ3) is 7.09. The molecule has 1 saturated heterocycles. The van der Waals surface area contributed by atoms with Crippen molar-refractivity contribution < 1.29 is 41.4 Å². The molecule has 1 aliphatic rings. The predicted octanol–water partition coefficient (Wildman–Crippen LogP) is 7.57. The molecule has 1 fully saturated rings. The number of carboxylic acids is 2. The molecule has 7 rings (SSSR count). The number of sulfonamides is 2. The van der Waals surface area contributed by atoms with E-state index in [1.54, 1.807) is 42.5 Å². The number of anilines is 3. The van der Waals surface area contributed by atoms with Gasteiger partial charge in [0.2, 0.25) is 0 Å². The normalized spacial score (nSPS) is 14.6. The minimum Gasteiger partial charge on any atom is -0.478 e. The molecule has 1 aliphatic heterocycles. The third-order valence-corrected chi connectivity index (χ3v) is 12.2. The van der Waals surface area contributed by atoms with E-state index in [0.717, 1.165) is 17.5 Å². The summed E-state index contributed by atoms with van der Waals surface area (Å²) in [6.45, 7) is 0.224. The van der Waals surface area contributed by atoms with Crippen LogP contribution in [-0.4, -0.2) is 51.6 Å². The number of rotatable bonds is 10. The van der Waals surface area contributed by atoms with E-state index in [2.05, 4.69) is 14.8 Å². The standard InChI is InChI=1S/C37H26Cl2N4O9S2/c38-32-11-6-25(17-30(32)35(44)45)41-53(49,50)28-9-4-20-1-2-22(13-23(20)15-28)34-19-40-37(48)43(34)27-8-3-21-5-10-29(16-24(21)14-27)54(51,52)42-26-7-12-33(39)31(18-26)36(46)47/h1-18,34,41-42H,19H2,(H,40,48)(H,44,45)(H,46,47). The van der Waals surface area contributed by atoms with Crippen LogP contribution in [0.1, 0.15) is 32.3 Å².